The molecular formula is C14H23NOS. The van der Waals surface area contributed by atoms with Gasteiger partial charge >= 0.3 is 0 Å². The lowest BCUT2D eigenvalue weighted by molar-refractivity contribution is 0.0955. The molecule has 1 saturated heterocycles. The summed E-state index contributed by atoms with van der Waals surface area (Å²) in [6.07, 6.45) is 6.40. The van der Waals surface area contributed by atoms with Crippen LogP contribution in [-0.2, 0) is 17.6 Å². The quantitative estimate of drug-likeness (QED) is 0.841. The Labute approximate surface area is 108 Å². The normalized spacial score (nSPS) is 21.9. The molecule has 0 spiro atoms. The van der Waals surface area contributed by atoms with Gasteiger partial charge in [-0.15, -0.1) is 11.3 Å². The Bertz CT molecular complexity index is 331. The lowest BCUT2D eigenvalue weighted by Gasteiger charge is -2.19. The fourth-order valence-corrected chi connectivity index (χ4v) is 3.45. The molecule has 0 saturated carbocycles. The van der Waals surface area contributed by atoms with Crippen molar-refractivity contribution in [2.45, 2.75) is 51.2 Å². The van der Waals surface area contributed by atoms with Gasteiger partial charge in [-0.3, -0.25) is 0 Å². The highest BCUT2D eigenvalue weighted by molar-refractivity contribution is 7.11. The van der Waals surface area contributed by atoms with E-state index in [-0.39, 0.29) is 0 Å². The summed E-state index contributed by atoms with van der Waals surface area (Å²) in [5, 5.41) is 3.43. The molecule has 1 aromatic heterocycles. The standard InChI is InChI=1S/C14H23NOS/c1-3-13-6-7-14(17-13)10-11(15-2)9-12-5-4-8-16-12/h6-7,11-12,15H,3-5,8-10H2,1-2H3. The van der Waals surface area contributed by atoms with Crippen LogP contribution < -0.4 is 5.32 Å². The van der Waals surface area contributed by atoms with Crippen LogP contribution in [0.4, 0.5) is 0 Å². The van der Waals surface area contributed by atoms with E-state index in [1.165, 1.54) is 22.6 Å². The van der Waals surface area contributed by atoms with Crippen LogP contribution >= 0.6 is 11.3 Å². The number of ether oxygens (including phenoxy) is 1. The van der Waals surface area contributed by atoms with Crippen LogP contribution in [0.15, 0.2) is 12.1 Å². The number of likely N-dealkylation sites (N-methyl/N-ethyl adjacent to an activating group) is 1. The molecule has 0 bridgehead atoms. The predicted octanol–water partition coefficient (Wildman–Crippen LogP) is 3.01. The van der Waals surface area contributed by atoms with Crippen molar-refractivity contribution >= 4 is 11.3 Å². The van der Waals surface area contributed by atoms with Crippen LogP contribution in [-0.4, -0.2) is 25.8 Å². The van der Waals surface area contributed by atoms with Gasteiger partial charge in [0, 0.05) is 22.4 Å². The summed E-state index contributed by atoms with van der Waals surface area (Å²) in [4.78, 5) is 2.99. The van der Waals surface area contributed by atoms with Gasteiger partial charge in [0.2, 0.25) is 0 Å². The van der Waals surface area contributed by atoms with Gasteiger partial charge in [-0.25, -0.2) is 0 Å². The van der Waals surface area contributed by atoms with Gasteiger partial charge in [-0.2, -0.15) is 0 Å². The van der Waals surface area contributed by atoms with E-state index >= 15 is 0 Å². The predicted molar refractivity (Wildman–Crippen MR) is 73.8 cm³/mol. The molecule has 1 N–H and O–H groups in total. The molecule has 2 nitrogen and oxygen atoms in total. The zero-order valence-corrected chi connectivity index (χ0v) is 11.7. The maximum atomic E-state index is 5.71. The van der Waals surface area contributed by atoms with E-state index < -0.39 is 0 Å². The second-order valence-corrected chi connectivity index (χ2v) is 6.03. The third-order valence-electron chi connectivity index (χ3n) is 3.49. The number of rotatable bonds is 6. The van der Waals surface area contributed by atoms with Crippen molar-refractivity contribution in [1.29, 1.82) is 0 Å². The van der Waals surface area contributed by atoms with Crippen molar-refractivity contribution < 1.29 is 4.74 Å². The maximum absolute atomic E-state index is 5.71. The Balaban J connectivity index is 1.85. The van der Waals surface area contributed by atoms with Gasteiger partial charge in [0.25, 0.3) is 0 Å². The van der Waals surface area contributed by atoms with Gasteiger partial charge in [0.1, 0.15) is 0 Å². The second kappa shape index (κ2) is 6.53. The average Bonchev–Trinajstić information content (AvgIpc) is 2.99. The Morgan fingerprint density at radius 3 is 2.88 bits per heavy atom. The summed E-state index contributed by atoms with van der Waals surface area (Å²) in [5.41, 5.74) is 0. The minimum atomic E-state index is 0.484. The SMILES string of the molecule is CCc1ccc(CC(CC2CCCO2)NC)s1. The summed E-state index contributed by atoms with van der Waals surface area (Å²) < 4.78 is 5.71. The van der Waals surface area contributed by atoms with E-state index in [9.17, 15) is 0 Å². The molecule has 1 fully saturated rings. The lowest BCUT2D eigenvalue weighted by Crippen LogP contribution is -2.31. The van der Waals surface area contributed by atoms with Crippen LogP contribution in [0.5, 0.6) is 0 Å². The van der Waals surface area contributed by atoms with Crippen molar-refractivity contribution in [2.24, 2.45) is 0 Å². The first-order chi connectivity index (χ1) is 8.31. The van der Waals surface area contributed by atoms with Gasteiger partial charge in [0.05, 0.1) is 6.10 Å². The van der Waals surface area contributed by atoms with Crippen LogP contribution in [0.25, 0.3) is 0 Å². The Morgan fingerprint density at radius 2 is 2.29 bits per heavy atom. The topological polar surface area (TPSA) is 21.3 Å². The Kier molecular flexibility index (Phi) is 5.01. The fraction of sp³-hybridized carbons (Fsp3) is 0.714. The molecule has 2 atom stereocenters. The van der Waals surface area contributed by atoms with E-state index in [1.807, 2.05) is 11.3 Å². The maximum Gasteiger partial charge on any atom is 0.0590 e. The van der Waals surface area contributed by atoms with Crippen molar-refractivity contribution in [3.05, 3.63) is 21.9 Å². The number of aryl methyl sites for hydroxylation is 1. The largest absolute Gasteiger partial charge is 0.378 e. The molecule has 1 aliphatic heterocycles. The zero-order chi connectivity index (χ0) is 12.1. The van der Waals surface area contributed by atoms with Crippen molar-refractivity contribution in [1.82, 2.24) is 5.32 Å². The molecule has 96 valence electrons. The highest BCUT2D eigenvalue weighted by Gasteiger charge is 2.20. The average molecular weight is 253 g/mol. The minimum absolute atomic E-state index is 0.484. The van der Waals surface area contributed by atoms with Crippen LogP contribution in [0, 0.1) is 0 Å². The molecular weight excluding hydrogens is 230 g/mol. The van der Waals surface area contributed by atoms with Crippen molar-refractivity contribution in [3.8, 4) is 0 Å². The Morgan fingerprint density at radius 1 is 1.47 bits per heavy atom. The number of hydrogen-bond donors (Lipinski definition) is 1. The van der Waals surface area contributed by atoms with E-state index in [2.05, 4.69) is 31.4 Å². The van der Waals surface area contributed by atoms with E-state index in [4.69, 9.17) is 4.74 Å². The first-order valence-corrected chi connectivity index (χ1v) is 7.50. The zero-order valence-electron chi connectivity index (χ0n) is 10.9. The number of nitrogens with one attached hydrogen (secondary N) is 1. The summed E-state index contributed by atoms with van der Waals surface area (Å²) in [7, 11) is 2.06. The fourth-order valence-electron chi connectivity index (χ4n) is 2.42. The van der Waals surface area contributed by atoms with Crippen molar-refractivity contribution in [3.63, 3.8) is 0 Å². The third kappa shape index (κ3) is 3.80. The third-order valence-corrected chi connectivity index (χ3v) is 4.74. The lowest BCUT2D eigenvalue weighted by atomic mass is 10.0. The van der Waals surface area contributed by atoms with Crippen LogP contribution in [0.3, 0.4) is 0 Å². The molecule has 0 radical (unpaired) electrons. The van der Waals surface area contributed by atoms with E-state index in [1.54, 1.807) is 0 Å². The molecule has 0 aromatic carbocycles. The van der Waals surface area contributed by atoms with Crippen LogP contribution in [0.1, 0.15) is 35.9 Å². The molecule has 1 aromatic rings. The highest BCUT2D eigenvalue weighted by atomic mass is 32.1. The second-order valence-electron chi connectivity index (χ2n) is 4.78. The molecule has 3 heteroatoms. The molecule has 17 heavy (non-hydrogen) atoms. The van der Waals surface area contributed by atoms with E-state index in [0.29, 0.717) is 12.1 Å². The smallest absolute Gasteiger partial charge is 0.0590 e. The summed E-state index contributed by atoms with van der Waals surface area (Å²) in [5.74, 6) is 0. The van der Waals surface area contributed by atoms with Gasteiger partial charge in [-0.05, 0) is 51.3 Å². The summed E-state index contributed by atoms with van der Waals surface area (Å²) in [6.45, 7) is 3.18. The van der Waals surface area contributed by atoms with E-state index in [0.717, 1.165) is 25.9 Å². The first-order valence-electron chi connectivity index (χ1n) is 6.68. The molecule has 1 aliphatic rings. The van der Waals surface area contributed by atoms with Crippen molar-refractivity contribution in [2.75, 3.05) is 13.7 Å². The monoisotopic (exact) mass is 253 g/mol. The minimum Gasteiger partial charge on any atom is -0.378 e. The number of thiophene rings is 1. The molecule has 2 rings (SSSR count). The van der Waals surface area contributed by atoms with Gasteiger partial charge in [0.15, 0.2) is 0 Å². The number of hydrogen-bond acceptors (Lipinski definition) is 3. The van der Waals surface area contributed by atoms with Gasteiger partial charge < -0.3 is 10.1 Å². The molecule has 2 unspecified atom stereocenters. The summed E-state index contributed by atoms with van der Waals surface area (Å²) in [6, 6.07) is 5.10. The summed E-state index contributed by atoms with van der Waals surface area (Å²) >= 11 is 1.95. The molecule has 0 amide bonds. The van der Waals surface area contributed by atoms with Gasteiger partial charge in [-0.1, -0.05) is 6.92 Å². The molecule has 0 aliphatic carbocycles. The van der Waals surface area contributed by atoms with Crippen LogP contribution in [0.2, 0.25) is 0 Å². The first kappa shape index (κ1) is 13.1. The Hall–Kier alpha value is -0.380. The highest BCUT2D eigenvalue weighted by Crippen LogP contribution is 2.22. The molecule has 2 heterocycles.